The highest BCUT2D eigenvalue weighted by Crippen LogP contribution is 2.03. The number of hydrogen-bond acceptors (Lipinski definition) is 5. The Morgan fingerprint density at radius 3 is 2.88 bits per heavy atom. The van der Waals surface area contributed by atoms with Crippen molar-refractivity contribution in [2.45, 2.75) is 39.4 Å². The van der Waals surface area contributed by atoms with Gasteiger partial charge in [-0.15, -0.1) is 5.10 Å². The number of nitrogens with one attached hydrogen (secondary N) is 1. The second-order valence-electron chi connectivity index (χ2n) is 4.99. The summed E-state index contributed by atoms with van der Waals surface area (Å²) in [6.45, 7) is 7.62. The Hall–Kier alpha value is -1.69. The molecule has 0 radical (unpaired) electrons. The predicted octanol–water partition coefficient (Wildman–Crippen LogP) is 1.20. The van der Waals surface area contributed by atoms with Gasteiger partial charge in [-0.3, -0.25) is 0 Å². The van der Waals surface area contributed by atoms with Crippen molar-refractivity contribution in [3.63, 3.8) is 0 Å². The number of rotatable bonds is 4. The van der Waals surface area contributed by atoms with Crippen LogP contribution in [0.5, 0.6) is 0 Å². The van der Waals surface area contributed by atoms with Crippen LogP contribution in [-0.2, 0) is 13.1 Å². The summed E-state index contributed by atoms with van der Waals surface area (Å²) in [5, 5.41) is 15.1. The summed E-state index contributed by atoms with van der Waals surface area (Å²) in [6.07, 6.45) is 3.52. The number of nitrogens with zero attached hydrogens (tertiary/aromatic N) is 4. The Morgan fingerprint density at radius 1 is 1.41 bits per heavy atom. The first-order valence-corrected chi connectivity index (χ1v) is 5.56. The minimum Gasteiger partial charge on any atom is -0.359 e. The molecule has 2 rings (SSSR count). The highest BCUT2D eigenvalue weighted by Gasteiger charge is 2.10. The summed E-state index contributed by atoms with van der Waals surface area (Å²) in [7, 11) is 0. The monoisotopic (exact) mass is 235 g/mol. The fraction of sp³-hybridized carbons (Fsp3) is 0.545. The van der Waals surface area contributed by atoms with E-state index in [1.165, 1.54) is 0 Å². The van der Waals surface area contributed by atoms with E-state index >= 15 is 0 Å². The molecule has 0 saturated carbocycles. The average Bonchev–Trinajstić information content (AvgIpc) is 2.86. The van der Waals surface area contributed by atoms with Crippen molar-refractivity contribution >= 4 is 0 Å². The zero-order valence-electron chi connectivity index (χ0n) is 10.3. The van der Waals surface area contributed by atoms with Gasteiger partial charge in [0.1, 0.15) is 6.54 Å². The number of aromatic nitrogens is 4. The molecule has 0 aromatic carbocycles. The van der Waals surface area contributed by atoms with Crippen molar-refractivity contribution in [3.05, 3.63) is 29.9 Å². The van der Waals surface area contributed by atoms with E-state index in [9.17, 15) is 0 Å². The first kappa shape index (κ1) is 11.8. The smallest absolute Gasteiger partial charge is 0.158 e. The molecule has 6 heteroatoms. The minimum atomic E-state index is 0.0781. The van der Waals surface area contributed by atoms with Gasteiger partial charge in [0.15, 0.2) is 5.76 Å². The lowest BCUT2D eigenvalue weighted by Crippen LogP contribution is -2.35. The molecule has 0 saturated heterocycles. The third-order valence-electron chi connectivity index (χ3n) is 2.20. The van der Waals surface area contributed by atoms with E-state index in [1.807, 2.05) is 12.3 Å². The molecule has 0 spiro atoms. The first-order valence-electron chi connectivity index (χ1n) is 5.56. The average molecular weight is 235 g/mol. The lowest BCUT2D eigenvalue weighted by molar-refractivity contribution is 0.370. The molecule has 2 aromatic heterocycles. The molecular weight excluding hydrogens is 218 g/mol. The van der Waals surface area contributed by atoms with Crippen molar-refractivity contribution in [2.24, 2.45) is 0 Å². The molecule has 0 aliphatic carbocycles. The normalized spacial score (nSPS) is 11.9. The Morgan fingerprint density at radius 2 is 2.24 bits per heavy atom. The lowest BCUT2D eigenvalue weighted by atomic mass is 10.1. The zero-order valence-corrected chi connectivity index (χ0v) is 10.3. The van der Waals surface area contributed by atoms with Crippen LogP contribution in [0.3, 0.4) is 0 Å². The molecule has 0 bridgehead atoms. The second kappa shape index (κ2) is 4.67. The van der Waals surface area contributed by atoms with E-state index in [4.69, 9.17) is 4.52 Å². The summed E-state index contributed by atoms with van der Waals surface area (Å²) >= 11 is 0. The molecule has 0 fully saturated rings. The summed E-state index contributed by atoms with van der Waals surface area (Å²) in [6, 6.07) is 1.81. The van der Waals surface area contributed by atoms with Crippen molar-refractivity contribution in [1.82, 2.24) is 25.5 Å². The van der Waals surface area contributed by atoms with E-state index in [0.29, 0.717) is 13.1 Å². The van der Waals surface area contributed by atoms with Gasteiger partial charge >= 0.3 is 0 Å². The Kier molecular flexibility index (Phi) is 3.23. The minimum absolute atomic E-state index is 0.0781. The Bertz CT molecular complexity index is 454. The molecule has 0 atom stereocenters. The second-order valence-corrected chi connectivity index (χ2v) is 4.99. The summed E-state index contributed by atoms with van der Waals surface area (Å²) < 4.78 is 6.74. The SMILES string of the molecule is CC(C)(C)NCc1cn(Cc2ccno2)nn1. The van der Waals surface area contributed by atoms with Crippen molar-refractivity contribution in [2.75, 3.05) is 0 Å². The summed E-state index contributed by atoms with van der Waals surface area (Å²) in [5.41, 5.74) is 0.994. The largest absolute Gasteiger partial charge is 0.359 e. The van der Waals surface area contributed by atoms with Gasteiger partial charge in [0.05, 0.1) is 18.1 Å². The molecule has 1 N–H and O–H groups in total. The van der Waals surface area contributed by atoms with Crippen LogP contribution in [0.15, 0.2) is 23.0 Å². The van der Waals surface area contributed by atoms with Gasteiger partial charge in [-0.05, 0) is 20.8 Å². The highest BCUT2D eigenvalue weighted by molar-refractivity contribution is 4.97. The standard InChI is InChI=1S/C11H17N5O/c1-11(2,3)12-6-9-7-16(15-14-9)8-10-4-5-13-17-10/h4-5,7,12H,6,8H2,1-3H3. The summed E-state index contributed by atoms with van der Waals surface area (Å²) in [4.78, 5) is 0. The Labute approximate surface area is 100.0 Å². The molecule has 0 unspecified atom stereocenters. The van der Waals surface area contributed by atoms with E-state index in [-0.39, 0.29) is 5.54 Å². The van der Waals surface area contributed by atoms with Crippen LogP contribution in [-0.4, -0.2) is 25.7 Å². The molecule has 0 aliphatic heterocycles. The molecule has 2 heterocycles. The maximum atomic E-state index is 5.01. The molecule has 17 heavy (non-hydrogen) atoms. The molecule has 92 valence electrons. The lowest BCUT2D eigenvalue weighted by Gasteiger charge is -2.19. The van der Waals surface area contributed by atoms with Gasteiger partial charge in [-0.25, -0.2) is 4.68 Å². The van der Waals surface area contributed by atoms with Crippen LogP contribution in [0, 0.1) is 0 Å². The van der Waals surface area contributed by atoms with Gasteiger partial charge in [0, 0.05) is 18.2 Å². The van der Waals surface area contributed by atoms with Crippen LogP contribution >= 0.6 is 0 Å². The van der Waals surface area contributed by atoms with Gasteiger partial charge < -0.3 is 9.84 Å². The van der Waals surface area contributed by atoms with E-state index in [0.717, 1.165) is 11.5 Å². The topological polar surface area (TPSA) is 68.8 Å². The van der Waals surface area contributed by atoms with Crippen LogP contribution in [0.2, 0.25) is 0 Å². The molecular formula is C11H17N5O. The fourth-order valence-corrected chi connectivity index (χ4v) is 1.34. The zero-order chi connectivity index (χ0) is 12.3. The van der Waals surface area contributed by atoms with Gasteiger partial charge in [0.2, 0.25) is 0 Å². The maximum Gasteiger partial charge on any atom is 0.158 e. The van der Waals surface area contributed by atoms with Crippen LogP contribution in [0.25, 0.3) is 0 Å². The van der Waals surface area contributed by atoms with Gasteiger partial charge in [-0.2, -0.15) is 0 Å². The van der Waals surface area contributed by atoms with E-state index in [1.54, 1.807) is 10.9 Å². The molecule has 2 aromatic rings. The predicted molar refractivity (Wildman–Crippen MR) is 62.2 cm³/mol. The van der Waals surface area contributed by atoms with E-state index in [2.05, 4.69) is 41.6 Å². The van der Waals surface area contributed by atoms with Crippen molar-refractivity contribution in [3.8, 4) is 0 Å². The third kappa shape index (κ3) is 3.67. The third-order valence-corrected chi connectivity index (χ3v) is 2.20. The van der Waals surface area contributed by atoms with Crippen molar-refractivity contribution in [1.29, 1.82) is 0 Å². The number of hydrogen-bond donors (Lipinski definition) is 1. The molecule has 0 aliphatic rings. The van der Waals surface area contributed by atoms with Crippen molar-refractivity contribution < 1.29 is 4.52 Å². The van der Waals surface area contributed by atoms with Crippen LogP contribution in [0.4, 0.5) is 0 Å². The summed E-state index contributed by atoms with van der Waals surface area (Å²) in [5.74, 6) is 0.769. The Balaban J connectivity index is 1.92. The van der Waals surface area contributed by atoms with E-state index < -0.39 is 0 Å². The van der Waals surface area contributed by atoms with Crippen LogP contribution < -0.4 is 5.32 Å². The molecule has 6 nitrogen and oxygen atoms in total. The highest BCUT2D eigenvalue weighted by atomic mass is 16.5. The maximum absolute atomic E-state index is 5.01. The molecule has 0 amide bonds. The first-order chi connectivity index (χ1) is 8.03. The fourth-order valence-electron chi connectivity index (χ4n) is 1.34. The van der Waals surface area contributed by atoms with Gasteiger partial charge in [-0.1, -0.05) is 10.4 Å². The van der Waals surface area contributed by atoms with Crippen LogP contribution in [0.1, 0.15) is 32.2 Å². The quantitative estimate of drug-likeness (QED) is 0.862. The van der Waals surface area contributed by atoms with Gasteiger partial charge in [0.25, 0.3) is 0 Å².